The first-order chi connectivity index (χ1) is 15.1. The van der Waals surface area contributed by atoms with Gasteiger partial charge in [0, 0.05) is 18.3 Å². The molecule has 7 heteroatoms. The standard InChI is InChI=1S/C25H36N4O3/c1-17-22(29(5)16-26-17)19-12-14-20(15-13-19)27-23(30)21(18-10-8-6-7-9-11-18)28-24(31)32-25(2,3)4/h12-16,18,21H,6-11H2,1-5H3,(H,27,30)(H,28,31). The number of hydrogen-bond acceptors (Lipinski definition) is 4. The highest BCUT2D eigenvalue weighted by Gasteiger charge is 2.32. The molecule has 0 radical (unpaired) electrons. The van der Waals surface area contributed by atoms with Gasteiger partial charge in [-0.05, 0) is 58.6 Å². The largest absolute Gasteiger partial charge is 0.444 e. The Morgan fingerprint density at radius 3 is 2.25 bits per heavy atom. The summed E-state index contributed by atoms with van der Waals surface area (Å²) < 4.78 is 7.41. The van der Waals surface area contributed by atoms with Crippen LogP contribution in [-0.2, 0) is 16.6 Å². The smallest absolute Gasteiger partial charge is 0.408 e. The molecule has 1 aliphatic rings. The molecule has 1 heterocycles. The number of hydrogen-bond donors (Lipinski definition) is 2. The number of benzene rings is 1. The van der Waals surface area contributed by atoms with Gasteiger partial charge in [-0.1, -0.05) is 37.8 Å². The number of carbonyl (C=O) groups is 2. The number of carbonyl (C=O) groups excluding carboxylic acids is 2. The molecule has 1 aromatic carbocycles. The molecule has 2 amide bonds. The molecule has 1 saturated carbocycles. The summed E-state index contributed by atoms with van der Waals surface area (Å²) >= 11 is 0. The van der Waals surface area contributed by atoms with Crippen molar-refractivity contribution < 1.29 is 14.3 Å². The Kier molecular flexibility index (Phi) is 7.59. The van der Waals surface area contributed by atoms with Gasteiger partial charge in [0.25, 0.3) is 0 Å². The van der Waals surface area contributed by atoms with Crippen molar-refractivity contribution in [2.24, 2.45) is 13.0 Å². The number of aryl methyl sites for hydroxylation is 2. The van der Waals surface area contributed by atoms with Crippen LogP contribution < -0.4 is 10.6 Å². The summed E-state index contributed by atoms with van der Waals surface area (Å²) in [6, 6.07) is 7.10. The Morgan fingerprint density at radius 1 is 1.09 bits per heavy atom. The molecule has 2 aromatic rings. The predicted molar refractivity (Wildman–Crippen MR) is 126 cm³/mol. The van der Waals surface area contributed by atoms with Gasteiger partial charge < -0.3 is 19.9 Å². The molecule has 7 nitrogen and oxygen atoms in total. The van der Waals surface area contributed by atoms with E-state index < -0.39 is 17.7 Å². The van der Waals surface area contributed by atoms with Crippen molar-refractivity contribution in [3.8, 4) is 11.3 Å². The molecular formula is C25H36N4O3. The Hall–Kier alpha value is -2.83. The number of anilines is 1. The van der Waals surface area contributed by atoms with Gasteiger partial charge in [-0.25, -0.2) is 9.78 Å². The monoisotopic (exact) mass is 440 g/mol. The second-order valence-electron chi connectivity index (χ2n) is 9.73. The molecule has 0 saturated heterocycles. The van der Waals surface area contributed by atoms with Crippen LogP contribution in [0.4, 0.5) is 10.5 Å². The van der Waals surface area contributed by atoms with E-state index in [0.717, 1.165) is 42.6 Å². The number of alkyl carbamates (subject to hydrolysis) is 1. The zero-order valence-corrected chi connectivity index (χ0v) is 19.9. The summed E-state index contributed by atoms with van der Waals surface area (Å²) in [4.78, 5) is 30.1. The fraction of sp³-hybridized carbons (Fsp3) is 0.560. The van der Waals surface area contributed by atoms with Crippen LogP contribution in [0.5, 0.6) is 0 Å². The fourth-order valence-electron chi connectivity index (χ4n) is 4.37. The van der Waals surface area contributed by atoms with Gasteiger partial charge in [0.15, 0.2) is 0 Å². The number of rotatable bonds is 5. The molecule has 1 aliphatic carbocycles. The quantitative estimate of drug-likeness (QED) is 0.626. The summed E-state index contributed by atoms with van der Waals surface area (Å²) in [7, 11) is 1.96. The lowest BCUT2D eigenvalue weighted by atomic mass is 9.91. The zero-order chi connectivity index (χ0) is 23.3. The Morgan fingerprint density at radius 2 is 1.72 bits per heavy atom. The summed E-state index contributed by atoms with van der Waals surface area (Å²) in [5.41, 5.74) is 3.12. The molecule has 174 valence electrons. The lowest BCUT2D eigenvalue weighted by Crippen LogP contribution is -2.49. The maximum atomic E-state index is 13.3. The summed E-state index contributed by atoms with van der Waals surface area (Å²) in [6.45, 7) is 7.43. The number of ether oxygens (including phenoxy) is 1. The molecule has 0 spiro atoms. The van der Waals surface area contributed by atoms with Crippen molar-refractivity contribution in [3.05, 3.63) is 36.3 Å². The predicted octanol–water partition coefficient (Wildman–Crippen LogP) is 5.20. The van der Waals surface area contributed by atoms with Gasteiger partial charge in [-0.15, -0.1) is 0 Å². The minimum atomic E-state index is -0.623. The van der Waals surface area contributed by atoms with Gasteiger partial charge in [-0.3, -0.25) is 4.79 Å². The van der Waals surface area contributed by atoms with Crippen molar-refractivity contribution in [2.45, 2.75) is 77.9 Å². The number of nitrogens with one attached hydrogen (secondary N) is 2. The fourth-order valence-corrected chi connectivity index (χ4v) is 4.37. The van der Waals surface area contributed by atoms with Crippen LogP contribution in [0.1, 0.15) is 65.0 Å². The molecule has 2 N–H and O–H groups in total. The molecule has 0 aliphatic heterocycles. The van der Waals surface area contributed by atoms with Gasteiger partial charge in [0.2, 0.25) is 5.91 Å². The SMILES string of the molecule is Cc1ncn(C)c1-c1ccc(NC(=O)C(NC(=O)OC(C)(C)C)C2CCCCCC2)cc1. The third-order valence-corrected chi connectivity index (χ3v) is 5.87. The summed E-state index contributed by atoms with van der Waals surface area (Å²) in [5, 5.41) is 5.85. The number of imidazole rings is 1. The van der Waals surface area contributed by atoms with Crippen molar-refractivity contribution >= 4 is 17.7 Å². The molecule has 1 unspecified atom stereocenters. The Labute approximate surface area is 190 Å². The molecule has 1 atom stereocenters. The number of aromatic nitrogens is 2. The summed E-state index contributed by atoms with van der Waals surface area (Å²) in [6.07, 6.45) is 7.58. The van der Waals surface area contributed by atoms with E-state index in [2.05, 4.69) is 15.6 Å². The lowest BCUT2D eigenvalue weighted by Gasteiger charge is -2.28. The lowest BCUT2D eigenvalue weighted by molar-refractivity contribution is -0.119. The van der Waals surface area contributed by atoms with E-state index in [1.807, 2.05) is 63.6 Å². The van der Waals surface area contributed by atoms with Crippen LogP contribution in [0.25, 0.3) is 11.3 Å². The van der Waals surface area contributed by atoms with E-state index in [4.69, 9.17) is 4.74 Å². The van der Waals surface area contributed by atoms with E-state index in [-0.39, 0.29) is 11.8 Å². The van der Waals surface area contributed by atoms with Crippen molar-refractivity contribution in [3.63, 3.8) is 0 Å². The maximum Gasteiger partial charge on any atom is 0.408 e. The van der Waals surface area contributed by atoms with Crippen molar-refractivity contribution in [1.29, 1.82) is 0 Å². The second kappa shape index (κ2) is 10.2. The van der Waals surface area contributed by atoms with E-state index in [1.165, 1.54) is 12.8 Å². The van der Waals surface area contributed by atoms with Gasteiger partial charge in [0.1, 0.15) is 11.6 Å². The molecule has 1 fully saturated rings. The van der Waals surface area contributed by atoms with E-state index in [0.29, 0.717) is 5.69 Å². The average molecular weight is 441 g/mol. The third-order valence-electron chi connectivity index (χ3n) is 5.87. The van der Waals surface area contributed by atoms with Crippen LogP contribution in [-0.4, -0.2) is 33.2 Å². The third kappa shape index (κ3) is 6.34. The highest BCUT2D eigenvalue weighted by atomic mass is 16.6. The molecule has 32 heavy (non-hydrogen) atoms. The highest BCUT2D eigenvalue weighted by molar-refractivity contribution is 5.97. The van der Waals surface area contributed by atoms with E-state index in [9.17, 15) is 9.59 Å². The minimum absolute atomic E-state index is 0.0985. The highest BCUT2D eigenvalue weighted by Crippen LogP contribution is 2.28. The van der Waals surface area contributed by atoms with Crippen molar-refractivity contribution in [1.82, 2.24) is 14.9 Å². The van der Waals surface area contributed by atoms with Crippen LogP contribution in [0, 0.1) is 12.8 Å². The normalized spacial score (nSPS) is 16.2. The Balaban J connectivity index is 1.74. The first-order valence-electron chi connectivity index (χ1n) is 11.5. The average Bonchev–Trinajstić information content (AvgIpc) is 2.91. The number of amides is 2. The zero-order valence-electron chi connectivity index (χ0n) is 19.9. The molecule has 0 bridgehead atoms. The maximum absolute atomic E-state index is 13.3. The second-order valence-corrected chi connectivity index (χ2v) is 9.73. The molecular weight excluding hydrogens is 404 g/mol. The van der Waals surface area contributed by atoms with Crippen LogP contribution >= 0.6 is 0 Å². The van der Waals surface area contributed by atoms with Crippen LogP contribution in [0.15, 0.2) is 30.6 Å². The van der Waals surface area contributed by atoms with E-state index in [1.54, 1.807) is 6.33 Å². The van der Waals surface area contributed by atoms with Crippen LogP contribution in [0.2, 0.25) is 0 Å². The van der Waals surface area contributed by atoms with Gasteiger partial charge in [0.05, 0.1) is 17.7 Å². The van der Waals surface area contributed by atoms with Gasteiger partial charge in [-0.2, -0.15) is 0 Å². The van der Waals surface area contributed by atoms with Gasteiger partial charge >= 0.3 is 6.09 Å². The molecule has 3 rings (SSSR count). The minimum Gasteiger partial charge on any atom is -0.444 e. The topological polar surface area (TPSA) is 85.3 Å². The molecule has 1 aromatic heterocycles. The number of nitrogens with zero attached hydrogens (tertiary/aromatic N) is 2. The Bertz CT molecular complexity index is 900. The summed E-state index contributed by atoms with van der Waals surface area (Å²) in [5.74, 6) is -0.103. The first-order valence-corrected chi connectivity index (χ1v) is 11.5. The van der Waals surface area contributed by atoms with E-state index >= 15 is 0 Å². The first kappa shape index (κ1) is 23.8. The van der Waals surface area contributed by atoms with Crippen LogP contribution in [0.3, 0.4) is 0 Å². The van der Waals surface area contributed by atoms with Crippen molar-refractivity contribution in [2.75, 3.05) is 5.32 Å².